The number of hydrogen-bond donors (Lipinski definition) is 1. The Kier molecular flexibility index (Phi) is 3.67. The summed E-state index contributed by atoms with van der Waals surface area (Å²) in [6.45, 7) is 2.40. The quantitative estimate of drug-likeness (QED) is 0.865. The van der Waals surface area contributed by atoms with Gasteiger partial charge in [-0.05, 0) is 30.9 Å². The van der Waals surface area contributed by atoms with Gasteiger partial charge in [-0.1, -0.05) is 31.9 Å². The Bertz CT molecular complexity index is 899. The van der Waals surface area contributed by atoms with Crippen LogP contribution in [0.25, 0.3) is 11.1 Å². The van der Waals surface area contributed by atoms with E-state index < -0.39 is 11.3 Å². The van der Waals surface area contributed by atoms with E-state index >= 15 is 0 Å². The molecular weight excluding hydrogens is 322 g/mol. The Morgan fingerprint density at radius 3 is 2.80 bits per heavy atom. The average Bonchev–Trinajstić information content (AvgIpc) is 3.04. The number of carbonyl (C=O) groups is 2. The second-order valence-corrected chi connectivity index (χ2v) is 6.99. The van der Waals surface area contributed by atoms with E-state index in [1.54, 1.807) is 18.2 Å². The summed E-state index contributed by atoms with van der Waals surface area (Å²) in [6, 6.07) is 6.76. The molecule has 2 aliphatic rings. The first kappa shape index (κ1) is 15.9. The smallest absolute Gasteiger partial charge is 0.408 e. The fourth-order valence-corrected chi connectivity index (χ4v) is 4.12. The summed E-state index contributed by atoms with van der Waals surface area (Å²) >= 11 is 0. The van der Waals surface area contributed by atoms with Gasteiger partial charge in [0.1, 0.15) is 5.54 Å². The van der Waals surface area contributed by atoms with Gasteiger partial charge in [-0.3, -0.25) is 14.3 Å². The van der Waals surface area contributed by atoms with Gasteiger partial charge >= 0.3 is 11.8 Å². The SMILES string of the molecule is C[C@@H]1CCCC[C@@]12NC(=O)N(CCn1c(=O)oc3ccccc31)C2=O. The molecule has 1 N–H and O–H groups in total. The number of rotatable bonds is 3. The maximum Gasteiger partial charge on any atom is 0.420 e. The van der Waals surface area contributed by atoms with Gasteiger partial charge < -0.3 is 9.73 Å². The molecule has 1 aliphatic heterocycles. The monoisotopic (exact) mass is 343 g/mol. The van der Waals surface area contributed by atoms with E-state index in [-0.39, 0.29) is 30.9 Å². The van der Waals surface area contributed by atoms with E-state index in [0.29, 0.717) is 17.5 Å². The fraction of sp³-hybridized carbons (Fsp3) is 0.500. The van der Waals surface area contributed by atoms with Crippen LogP contribution >= 0.6 is 0 Å². The largest absolute Gasteiger partial charge is 0.420 e. The van der Waals surface area contributed by atoms with Gasteiger partial charge in [0, 0.05) is 13.1 Å². The van der Waals surface area contributed by atoms with Crippen molar-refractivity contribution in [1.82, 2.24) is 14.8 Å². The summed E-state index contributed by atoms with van der Waals surface area (Å²) in [7, 11) is 0. The van der Waals surface area contributed by atoms with Crippen LogP contribution in [-0.2, 0) is 11.3 Å². The predicted octanol–water partition coefficient (Wildman–Crippen LogP) is 2.10. The van der Waals surface area contributed by atoms with E-state index in [0.717, 1.165) is 19.3 Å². The van der Waals surface area contributed by atoms with Gasteiger partial charge in [0.15, 0.2) is 5.58 Å². The molecule has 1 saturated carbocycles. The first-order chi connectivity index (χ1) is 12.0. The van der Waals surface area contributed by atoms with E-state index in [2.05, 4.69) is 5.32 Å². The maximum absolute atomic E-state index is 12.9. The Hall–Kier alpha value is -2.57. The molecule has 1 aromatic carbocycles. The number of nitrogens with one attached hydrogen (secondary N) is 1. The highest BCUT2D eigenvalue weighted by molar-refractivity contribution is 6.07. The number of amides is 3. The Labute approximate surface area is 144 Å². The molecule has 1 aromatic heterocycles. The van der Waals surface area contributed by atoms with Crippen molar-refractivity contribution < 1.29 is 14.0 Å². The van der Waals surface area contributed by atoms with Crippen molar-refractivity contribution in [3.8, 4) is 0 Å². The molecule has 3 amide bonds. The highest BCUT2D eigenvalue weighted by Crippen LogP contribution is 2.38. The zero-order chi connectivity index (χ0) is 17.6. The van der Waals surface area contributed by atoms with Crippen molar-refractivity contribution in [3.05, 3.63) is 34.8 Å². The first-order valence-corrected chi connectivity index (χ1v) is 8.75. The first-order valence-electron chi connectivity index (χ1n) is 8.75. The molecule has 0 radical (unpaired) electrons. The van der Waals surface area contributed by atoms with Crippen molar-refractivity contribution in [2.75, 3.05) is 6.54 Å². The lowest BCUT2D eigenvalue weighted by atomic mass is 9.73. The van der Waals surface area contributed by atoms with Gasteiger partial charge in [-0.25, -0.2) is 9.59 Å². The molecule has 2 fully saturated rings. The third kappa shape index (κ3) is 2.37. The molecular formula is C18H21N3O4. The lowest BCUT2D eigenvalue weighted by Crippen LogP contribution is -2.54. The molecule has 132 valence electrons. The summed E-state index contributed by atoms with van der Waals surface area (Å²) < 4.78 is 6.66. The number of hydrogen-bond acceptors (Lipinski definition) is 4. The second kappa shape index (κ2) is 5.75. The number of oxazole rings is 1. The Morgan fingerprint density at radius 2 is 2.00 bits per heavy atom. The van der Waals surface area contributed by atoms with Crippen molar-refractivity contribution in [2.24, 2.45) is 5.92 Å². The predicted molar refractivity (Wildman–Crippen MR) is 91.1 cm³/mol. The number of imide groups is 1. The van der Waals surface area contributed by atoms with E-state index in [4.69, 9.17) is 4.42 Å². The highest BCUT2D eigenvalue weighted by Gasteiger charge is 2.54. The summed E-state index contributed by atoms with van der Waals surface area (Å²) in [5.41, 5.74) is 0.404. The summed E-state index contributed by atoms with van der Waals surface area (Å²) in [4.78, 5) is 38.6. The molecule has 2 aromatic rings. The zero-order valence-corrected chi connectivity index (χ0v) is 14.2. The van der Waals surface area contributed by atoms with Crippen LogP contribution in [-0.4, -0.2) is 33.5 Å². The third-order valence-corrected chi connectivity index (χ3v) is 5.62. The van der Waals surface area contributed by atoms with E-state index in [1.807, 2.05) is 13.0 Å². The van der Waals surface area contributed by atoms with Crippen LogP contribution in [0.1, 0.15) is 32.6 Å². The van der Waals surface area contributed by atoms with Gasteiger partial charge in [0.2, 0.25) is 0 Å². The van der Waals surface area contributed by atoms with Gasteiger partial charge in [0.05, 0.1) is 5.52 Å². The number of nitrogens with zero attached hydrogens (tertiary/aromatic N) is 2. The molecule has 1 saturated heterocycles. The van der Waals surface area contributed by atoms with Crippen molar-refractivity contribution in [2.45, 2.75) is 44.7 Å². The maximum atomic E-state index is 12.9. The van der Waals surface area contributed by atoms with Crippen LogP contribution in [0.2, 0.25) is 0 Å². The van der Waals surface area contributed by atoms with Crippen LogP contribution in [0.5, 0.6) is 0 Å². The standard InChI is InChI=1S/C18H21N3O4/c1-12-6-4-5-9-18(12)15(22)21(16(23)19-18)11-10-20-13-7-2-3-8-14(13)25-17(20)24/h2-3,7-8,12H,4-6,9-11H2,1H3,(H,19,23)/t12-,18-/m1/s1. The van der Waals surface area contributed by atoms with E-state index in [1.165, 1.54) is 9.47 Å². The van der Waals surface area contributed by atoms with Gasteiger partial charge in [-0.2, -0.15) is 0 Å². The molecule has 1 aliphatic carbocycles. The molecule has 25 heavy (non-hydrogen) atoms. The highest BCUT2D eigenvalue weighted by atomic mass is 16.4. The van der Waals surface area contributed by atoms with Crippen LogP contribution in [0.4, 0.5) is 4.79 Å². The normalized spacial score (nSPS) is 26.6. The van der Waals surface area contributed by atoms with Gasteiger partial charge in [0.25, 0.3) is 5.91 Å². The minimum absolute atomic E-state index is 0.125. The summed E-state index contributed by atoms with van der Waals surface area (Å²) in [5.74, 6) is -0.514. The zero-order valence-electron chi connectivity index (χ0n) is 14.2. The number of urea groups is 1. The molecule has 0 unspecified atom stereocenters. The van der Waals surface area contributed by atoms with Gasteiger partial charge in [-0.15, -0.1) is 0 Å². The lowest BCUT2D eigenvalue weighted by molar-refractivity contribution is -0.134. The number of fused-ring (bicyclic) bond motifs is 1. The second-order valence-electron chi connectivity index (χ2n) is 6.99. The third-order valence-electron chi connectivity index (χ3n) is 5.62. The summed E-state index contributed by atoms with van der Waals surface area (Å²) in [6.07, 6.45) is 3.65. The Balaban J connectivity index is 1.57. The average molecular weight is 343 g/mol. The molecule has 7 heteroatoms. The molecule has 2 heterocycles. The van der Waals surface area contributed by atoms with Crippen molar-refractivity contribution in [1.29, 1.82) is 0 Å². The molecule has 4 rings (SSSR count). The number of benzene rings is 1. The fourth-order valence-electron chi connectivity index (χ4n) is 4.12. The Morgan fingerprint density at radius 1 is 1.20 bits per heavy atom. The van der Waals surface area contributed by atoms with E-state index in [9.17, 15) is 14.4 Å². The lowest BCUT2D eigenvalue weighted by Gasteiger charge is -2.36. The number of para-hydroxylation sites is 2. The molecule has 7 nitrogen and oxygen atoms in total. The van der Waals surface area contributed by atoms with Crippen LogP contribution in [0.3, 0.4) is 0 Å². The summed E-state index contributed by atoms with van der Waals surface area (Å²) in [5, 5.41) is 2.93. The van der Waals surface area contributed by atoms with Crippen molar-refractivity contribution in [3.63, 3.8) is 0 Å². The molecule has 2 atom stereocenters. The number of carbonyl (C=O) groups excluding carboxylic acids is 2. The minimum Gasteiger partial charge on any atom is -0.408 e. The minimum atomic E-state index is -0.765. The van der Waals surface area contributed by atoms with Crippen LogP contribution in [0, 0.1) is 5.92 Å². The van der Waals surface area contributed by atoms with Crippen LogP contribution in [0.15, 0.2) is 33.5 Å². The topological polar surface area (TPSA) is 84.6 Å². The molecule has 1 spiro atoms. The number of aromatic nitrogens is 1. The van der Waals surface area contributed by atoms with Crippen LogP contribution < -0.4 is 11.1 Å². The molecule has 0 bridgehead atoms. The van der Waals surface area contributed by atoms with Crippen molar-refractivity contribution >= 4 is 23.0 Å².